The molecule has 1 saturated heterocycles. The van der Waals surface area contributed by atoms with Crippen molar-refractivity contribution >= 4 is 17.5 Å². The van der Waals surface area contributed by atoms with E-state index in [1.54, 1.807) is 4.90 Å². The van der Waals surface area contributed by atoms with Gasteiger partial charge in [0.25, 0.3) is 0 Å². The first-order valence-corrected chi connectivity index (χ1v) is 9.96. The van der Waals surface area contributed by atoms with Crippen LogP contribution in [0.15, 0.2) is 54.6 Å². The maximum Gasteiger partial charge on any atom is 0.231 e. The summed E-state index contributed by atoms with van der Waals surface area (Å²) in [6, 6.07) is 17.8. The van der Waals surface area contributed by atoms with Gasteiger partial charge in [-0.3, -0.25) is 9.59 Å². The highest BCUT2D eigenvalue weighted by Crippen LogP contribution is 2.32. The van der Waals surface area contributed by atoms with Crippen molar-refractivity contribution in [1.29, 1.82) is 0 Å². The van der Waals surface area contributed by atoms with Crippen LogP contribution < -0.4 is 4.90 Å². The SMILES string of the molecule is O=C(CCc1ccccc1)N1CCC(O)(CN2C(=O)Cc3ccccc32)CC1. The molecule has 146 valence electrons. The van der Waals surface area contributed by atoms with Gasteiger partial charge in [-0.2, -0.15) is 0 Å². The number of nitrogens with zero attached hydrogens (tertiary/aromatic N) is 2. The van der Waals surface area contributed by atoms with Gasteiger partial charge in [0, 0.05) is 25.2 Å². The minimum Gasteiger partial charge on any atom is -0.388 e. The molecule has 28 heavy (non-hydrogen) atoms. The first-order chi connectivity index (χ1) is 13.5. The Labute approximate surface area is 165 Å². The second kappa shape index (κ2) is 7.76. The number of piperidine rings is 1. The summed E-state index contributed by atoms with van der Waals surface area (Å²) in [7, 11) is 0. The monoisotopic (exact) mass is 378 g/mol. The van der Waals surface area contributed by atoms with E-state index in [1.807, 2.05) is 59.5 Å². The number of amides is 2. The molecular weight excluding hydrogens is 352 g/mol. The predicted molar refractivity (Wildman–Crippen MR) is 108 cm³/mol. The van der Waals surface area contributed by atoms with Crippen molar-refractivity contribution in [3.05, 3.63) is 65.7 Å². The van der Waals surface area contributed by atoms with Crippen LogP contribution in [0.4, 0.5) is 5.69 Å². The molecule has 1 N–H and O–H groups in total. The first-order valence-electron chi connectivity index (χ1n) is 9.96. The second-order valence-corrected chi connectivity index (χ2v) is 7.88. The number of aliphatic hydroxyl groups is 1. The Balaban J connectivity index is 1.32. The maximum absolute atomic E-state index is 12.5. The predicted octanol–water partition coefficient (Wildman–Crippen LogP) is 2.56. The van der Waals surface area contributed by atoms with Crippen LogP contribution in [0.2, 0.25) is 0 Å². The largest absolute Gasteiger partial charge is 0.388 e. The van der Waals surface area contributed by atoms with Crippen LogP contribution in [0.1, 0.15) is 30.4 Å². The zero-order valence-electron chi connectivity index (χ0n) is 16.0. The lowest BCUT2D eigenvalue weighted by Gasteiger charge is -2.40. The van der Waals surface area contributed by atoms with Crippen LogP contribution in [0.25, 0.3) is 0 Å². The van der Waals surface area contributed by atoms with Gasteiger partial charge in [0.15, 0.2) is 0 Å². The average molecular weight is 378 g/mol. The van der Waals surface area contributed by atoms with Gasteiger partial charge >= 0.3 is 0 Å². The summed E-state index contributed by atoms with van der Waals surface area (Å²) in [6.45, 7) is 1.37. The summed E-state index contributed by atoms with van der Waals surface area (Å²) in [4.78, 5) is 28.5. The molecule has 0 aliphatic carbocycles. The van der Waals surface area contributed by atoms with Gasteiger partial charge in [-0.1, -0.05) is 48.5 Å². The number of fused-ring (bicyclic) bond motifs is 1. The van der Waals surface area contributed by atoms with Crippen molar-refractivity contribution in [2.24, 2.45) is 0 Å². The molecule has 0 radical (unpaired) electrons. The van der Waals surface area contributed by atoms with E-state index >= 15 is 0 Å². The van der Waals surface area contributed by atoms with Crippen LogP contribution >= 0.6 is 0 Å². The van der Waals surface area contributed by atoms with Gasteiger partial charge < -0.3 is 14.9 Å². The molecule has 2 amide bonds. The van der Waals surface area contributed by atoms with Gasteiger partial charge in [0.1, 0.15) is 0 Å². The highest BCUT2D eigenvalue weighted by atomic mass is 16.3. The normalized spacial score (nSPS) is 18.2. The lowest BCUT2D eigenvalue weighted by Crippen LogP contribution is -2.52. The Morgan fingerprint density at radius 1 is 1.00 bits per heavy atom. The van der Waals surface area contributed by atoms with Crippen LogP contribution in [0.5, 0.6) is 0 Å². The fourth-order valence-corrected chi connectivity index (χ4v) is 4.17. The number of rotatable bonds is 5. The summed E-state index contributed by atoms with van der Waals surface area (Å²) in [5.41, 5.74) is 2.14. The number of hydrogen-bond donors (Lipinski definition) is 1. The molecule has 0 saturated carbocycles. The van der Waals surface area contributed by atoms with E-state index in [0.29, 0.717) is 45.3 Å². The number of para-hydroxylation sites is 1. The van der Waals surface area contributed by atoms with E-state index in [0.717, 1.165) is 23.2 Å². The molecule has 5 heteroatoms. The second-order valence-electron chi connectivity index (χ2n) is 7.88. The first kappa shape index (κ1) is 18.7. The number of carbonyl (C=O) groups is 2. The number of hydrogen-bond acceptors (Lipinski definition) is 3. The molecule has 0 unspecified atom stereocenters. The molecule has 0 spiro atoms. The number of carbonyl (C=O) groups excluding carboxylic acids is 2. The third kappa shape index (κ3) is 3.94. The van der Waals surface area contributed by atoms with Crippen molar-refractivity contribution in [2.75, 3.05) is 24.5 Å². The Morgan fingerprint density at radius 3 is 2.43 bits per heavy atom. The number of likely N-dealkylation sites (tertiary alicyclic amines) is 1. The fourth-order valence-electron chi connectivity index (χ4n) is 4.17. The van der Waals surface area contributed by atoms with Crippen LogP contribution in [0.3, 0.4) is 0 Å². The third-order valence-corrected chi connectivity index (χ3v) is 5.89. The topological polar surface area (TPSA) is 60.9 Å². The molecular formula is C23H26N2O3. The van der Waals surface area contributed by atoms with E-state index in [1.165, 1.54) is 0 Å². The zero-order chi connectivity index (χ0) is 19.6. The number of anilines is 1. The smallest absolute Gasteiger partial charge is 0.231 e. The van der Waals surface area contributed by atoms with E-state index in [2.05, 4.69) is 0 Å². The lowest BCUT2D eigenvalue weighted by atomic mass is 9.90. The highest BCUT2D eigenvalue weighted by molar-refractivity contribution is 6.01. The Morgan fingerprint density at radius 2 is 1.68 bits per heavy atom. The highest BCUT2D eigenvalue weighted by Gasteiger charge is 2.39. The fraction of sp³-hybridized carbons (Fsp3) is 0.391. The van der Waals surface area contributed by atoms with Crippen LogP contribution in [0, 0.1) is 0 Å². The van der Waals surface area contributed by atoms with Crippen molar-refractivity contribution in [1.82, 2.24) is 4.90 Å². The summed E-state index contributed by atoms with van der Waals surface area (Å²) < 4.78 is 0. The summed E-state index contributed by atoms with van der Waals surface area (Å²) >= 11 is 0. The lowest BCUT2D eigenvalue weighted by molar-refractivity contribution is -0.135. The summed E-state index contributed by atoms with van der Waals surface area (Å²) in [5, 5.41) is 11.1. The average Bonchev–Trinajstić information content (AvgIpc) is 3.02. The molecule has 2 aromatic rings. The molecule has 2 aliphatic rings. The quantitative estimate of drug-likeness (QED) is 0.870. The minimum atomic E-state index is -0.941. The van der Waals surface area contributed by atoms with Gasteiger partial charge in [-0.05, 0) is 36.5 Å². The summed E-state index contributed by atoms with van der Waals surface area (Å²) in [5.74, 6) is 0.171. The molecule has 2 heterocycles. The minimum absolute atomic E-state index is 0.0380. The standard InChI is InChI=1S/C23H26N2O3/c26-21(11-10-18-6-2-1-3-7-18)24-14-12-23(28,13-15-24)17-25-20-9-5-4-8-19(20)16-22(25)27/h1-9,28H,10-17H2. The van der Waals surface area contributed by atoms with Crippen molar-refractivity contribution in [2.45, 2.75) is 37.7 Å². The zero-order valence-corrected chi connectivity index (χ0v) is 16.0. The van der Waals surface area contributed by atoms with Crippen molar-refractivity contribution in [3.63, 3.8) is 0 Å². The molecule has 4 rings (SSSR count). The van der Waals surface area contributed by atoms with Gasteiger partial charge in [-0.25, -0.2) is 0 Å². The molecule has 1 fully saturated rings. The molecule has 2 aromatic carbocycles. The molecule has 2 aliphatic heterocycles. The molecule has 5 nitrogen and oxygen atoms in total. The number of aryl methyl sites for hydroxylation is 1. The van der Waals surface area contributed by atoms with E-state index in [-0.39, 0.29) is 11.8 Å². The molecule has 0 atom stereocenters. The summed E-state index contributed by atoms with van der Waals surface area (Å²) in [6.07, 6.45) is 2.61. The van der Waals surface area contributed by atoms with E-state index < -0.39 is 5.60 Å². The van der Waals surface area contributed by atoms with Crippen molar-refractivity contribution in [3.8, 4) is 0 Å². The van der Waals surface area contributed by atoms with Crippen LogP contribution in [-0.4, -0.2) is 47.1 Å². The van der Waals surface area contributed by atoms with E-state index in [9.17, 15) is 14.7 Å². The Kier molecular flexibility index (Phi) is 5.18. The molecule has 0 bridgehead atoms. The number of β-amino-alcohol motifs (C(OH)–C–C–N with tert-alkyl or cyclic N) is 1. The Bertz CT molecular complexity index is 857. The maximum atomic E-state index is 12.5. The third-order valence-electron chi connectivity index (χ3n) is 5.89. The van der Waals surface area contributed by atoms with Gasteiger partial charge in [0.2, 0.25) is 11.8 Å². The van der Waals surface area contributed by atoms with Crippen LogP contribution in [-0.2, 0) is 22.4 Å². The van der Waals surface area contributed by atoms with Crippen molar-refractivity contribution < 1.29 is 14.7 Å². The van der Waals surface area contributed by atoms with E-state index in [4.69, 9.17) is 0 Å². The Hall–Kier alpha value is -2.66. The number of benzene rings is 2. The molecule has 0 aromatic heterocycles. The van der Waals surface area contributed by atoms with Gasteiger partial charge in [0.05, 0.1) is 18.6 Å². The van der Waals surface area contributed by atoms with Gasteiger partial charge in [-0.15, -0.1) is 0 Å².